The van der Waals surface area contributed by atoms with Crippen molar-refractivity contribution in [1.29, 1.82) is 5.41 Å². The molecule has 1 heterocycles. The van der Waals surface area contributed by atoms with Crippen molar-refractivity contribution < 1.29 is 0 Å². The molecule has 2 rings (SSSR count). The third-order valence-corrected chi connectivity index (χ3v) is 3.70. The molecule has 0 radical (unpaired) electrons. The van der Waals surface area contributed by atoms with Gasteiger partial charge in [-0.1, -0.05) is 12.1 Å². The van der Waals surface area contributed by atoms with Crippen molar-refractivity contribution in [2.45, 2.75) is 0 Å². The Labute approximate surface area is 130 Å². The highest BCUT2D eigenvalue weighted by Gasteiger charge is 2.13. The maximum Gasteiger partial charge on any atom is 0.224 e. The Morgan fingerprint density at radius 1 is 1.42 bits per heavy atom. The van der Waals surface area contributed by atoms with Crippen LogP contribution >= 0.6 is 40.0 Å². The summed E-state index contributed by atoms with van der Waals surface area (Å²) in [6.07, 6.45) is 1.64. The van der Waals surface area contributed by atoms with E-state index in [2.05, 4.69) is 37.1 Å². The van der Waals surface area contributed by atoms with Gasteiger partial charge in [0.15, 0.2) is 0 Å². The van der Waals surface area contributed by atoms with Crippen molar-refractivity contribution in [3.63, 3.8) is 0 Å². The molecule has 0 aliphatic rings. The molecule has 0 spiro atoms. The summed E-state index contributed by atoms with van der Waals surface area (Å²) in [5, 5.41) is 10.8. The Morgan fingerprint density at radius 3 is 2.84 bits per heavy atom. The number of halogens is 2. The molecule has 0 amide bonds. The van der Waals surface area contributed by atoms with E-state index < -0.39 is 0 Å². The van der Waals surface area contributed by atoms with Crippen LogP contribution in [0.5, 0.6) is 0 Å². The molecule has 0 aliphatic carbocycles. The zero-order chi connectivity index (χ0) is 13.8. The minimum atomic E-state index is 0.139. The molecular weight excluding hydrogens is 395 g/mol. The Bertz CT molecular complexity index is 622. The Kier molecular flexibility index (Phi) is 4.90. The van der Waals surface area contributed by atoms with Crippen LogP contribution < -0.4 is 10.8 Å². The van der Waals surface area contributed by atoms with E-state index in [4.69, 9.17) is 22.7 Å². The molecule has 2 aromatic rings. The lowest BCUT2D eigenvalue weighted by Crippen LogP contribution is -2.01. The molecule has 0 saturated heterocycles. The van der Waals surface area contributed by atoms with Crippen LogP contribution in [0.2, 0.25) is 5.28 Å². The predicted molar refractivity (Wildman–Crippen MR) is 90.7 cm³/mol. The third-order valence-electron chi connectivity index (χ3n) is 2.39. The Balaban J connectivity index is 2.64. The third kappa shape index (κ3) is 3.32. The average Bonchev–Trinajstić information content (AvgIpc) is 2.38. The van der Waals surface area contributed by atoms with Gasteiger partial charge in [0.25, 0.3) is 0 Å². The van der Waals surface area contributed by atoms with Gasteiger partial charge in [0.1, 0.15) is 5.82 Å². The van der Waals surface area contributed by atoms with Gasteiger partial charge in [-0.3, -0.25) is 0 Å². The molecule has 0 bridgehead atoms. The molecule has 8 heteroatoms. The van der Waals surface area contributed by atoms with Crippen LogP contribution in [-0.4, -0.2) is 16.2 Å². The number of nitrogens with one attached hydrogen (secondary N) is 2. The molecule has 0 saturated carbocycles. The Morgan fingerprint density at radius 2 is 2.21 bits per heavy atom. The summed E-state index contributed by atoms with van der Waals surface area (Å²) in [4.78, 5) is 8.31. The van der Waals surface area contributed by atoms with Crippen LogP contribution in [0.25, 0.3) is 11.3 Å². The number of nitrogens with two attached hydrogens (primary N) is 1. The first-order chi connectivity index (χ1) is 9.15. The zero-order valence-electron chi connectivity index (χ0n) is 9.61. The van der Waals surface area contributed by atoms with Crippen molar-refractivity contribution >= 4 is 57.7 Å². The minimum absolute atomic E-state index is 0.139. The van der Waals surface area contributed by atoms with Gasteiger partial charge >= 0.3 is 0 Å². The van der Waals surface area contributed by atoms with Crippen molar-refractivity contribution in [1.82, 2.24) is 9.97 Å². The van der Waals surface area contributed by atoms with Crippen molar-refractivity contribution in [3.8, 4) is 11.3 Å². The number of nitrogens with zero attached hydrogens (tertiary/aromatic N) is 2. The maximum atomic E-state index is 7.56. The lowest BCUT2D eigenvalue weighted by atomic mass is 10.1. The topological polar surface area (TPSA) is 87.7 Å². The number of rotatable bonds is 4. The van der Waals surface area contributed by atoms with E-state index in [1.165, 1.54) is 6.21 Å². The number of aromatic nitrogens is 2. The fourth-order valence-electron chi connectivity index (χ4n) is 1.62. The second-order valence-corrected chi connectivity index (χ2v) is 5.99. The zero-order valence-corrected chi connectivity index (χ0v) is 13.5. The Hall–Kier alpha value is -0.980. The molecule has 4 N–H and O–H groups in total. The first-order valence-corrected chi connectivity index (χ1v) is 9.70. The first kappa shape index (κ1) is 14.4. The quantitative estimate of drug-likeness (QED) is 0.238. The summed E-state index contributed by atoms with van der Waals surface area (Å²) in [7, 11) is 0. The van der Waals surface area contributed by atoms with Crippen LogP contribution in [0, 0.1) is 5.41 Å². The maximum absolute atomic E-state index is 7.56. The molecule has 1 aromatic heterocycles. The van der Waals surface area contributed by atoms with Gasteiger partial charge in [-0.25, -0.2) is 4.98 Å². The van der Waals surface area contributed by atoms with E-state index in [1.807, 2.05) is 12.1 Å². The standard InChI is InChI=1S/C11H10ClIN5P/c12-11-16-9(6-2-1-3-7(15)4-6)8(5-14)10(17-11)18-19-13/h1-5,14,19H,15H2,(H,16,17,18). The number of hydrogen-bond donors (Lipinski definition) is 3. The smallest absolute Gasteiger partial charge is 0.224 e. The van der Waals surface area contributed by atoms with Crippen LogP contribution in [0.1, 0.15) is 5.56 Å². The summed E-state index contributed by atoms with van der Waals surface area (Å²) in [5.74, 6) is 0.556. The predicted octanol–water partition coefficient (Wildman–Crippen LogP) is 3.73. The lowest BCUT2D eigenvalue weighted by molar-refractivity contribution is 1.17. The fourth-order valence-corrected chi connectivity index (χ4v) is 2.84. The molecular formula is C11H10ClIN5P. The SMILES string of the molecule is N=Cc1c(NPI)nc(Cl)nc1-c1cccc(N)c1. The van der Waals surface area contributed by atoms with Crippen molar-refractivity contribution in [2.24, 2.45) is 0 Å². The highest BCUT2D eigenvalue weighted by molar-refractivity contribution is 14.2. The van der Waals surface area contributed by atoms with Gasteiger partial charge in [-0.2, -0.15) is 4.98 Å². The minimum Gasteiger partial charge on any atom is -0.399 e. The van der Waals surface area contributed by atoms with Crippen molar-refractivity contribution in [3.05, 3.63) is 35.1 Å². The summed E-state index contributed by atoms with van der Waals surface area (Å²) in [6.45, 7) is 0. The number of benzene rings is 1. The van der Waals surface area contributed by atoms with Gasteiger partial charge in [-0.15, -0.1) is 0 Å². The van der Waals surface area contributed by atoms with Gasteiger partial charge < -0.3 is 16.2 Å². The second kappa shape index (κ2) is 6.45. The number of nitrogen functional groups attached to an aromatic ring is 1. The average molecular weight is 406 g/mol. The highest BCUT2D eigenvalue weighted by atomic mass is 127. The first-order valence-electron chi connectivity index (χ1n) is 5.21. The molecule has 5 nitrogen and oxygen atoms in total. The molecule has 19 heavy (non-hydrogen) atoms. The summed E-state index contributed by atoms with van der Waals surface area (Å²) >= 11 is 8.12. The van der Waals surface area contributed by atoms with E-state index in [9.17, 15) is 0 Å². The highest BCUT2D eigenvalue weighted by Crippen LogP contribution is 2.31. The van der Waals surface area contributed by atoms with Gasteiger partial charge in [-0.05, 0) is 45.8 Å². The number of anilines is 2. The van der Waals surface area contributed by atoms with Crippen LogP contribution in [0.4, 0.5) is 11.5 Å². The van der Waals surface area contributed by atoms with E-state index in [1.54, 1.807) is 12.1 Å². The van der Waals surface area contributed by atoms with E-state index in [0.717, 1.165) is 5.56 Å². The van der Waals surface area contributed by atoms with E-state index in [0.29, 0.717) is 29.1 Å². The molecule has 1 aromatic carbocycles. The van der Waals surface area contributed by atoms with E-state index >= 15 is 0 Å². The van der Waals surface area contributed by atoms with Crippen LogP contribution in [0.3, 0.4) is 0 Å². The molecule has 98 valence electrons. The number of hydrogen-bond acceptors (Lipinski definition) is 5. The summed E-state index contributed by atoms with van der Waals surface area (Å²) < 4.78 is 0. The molecule has 0 aliphatic heterocycles. The lowest BCUT2D eigenvalue weighted by Gasteiger charge is -2.11. The molecule has 0 fully saturated rings. The van der Waals surface area contributed by atoms with Gasteiger partial charge in [0.2, 0.25) is 5.28 Å². The van der Waals surface area contributed by atoms with Gasteiger partial charge in [0, 0.05) is 23.8 Å². The monoisotopic (exact) mass is 405 g/mol. The van der Waals surface area contributed by atoms with E-state index in [-0.39, 0.29) is 5.28 Å². The summed E-state index contributed by atoms with van der Waals surface area (Å²) in [5.41, 5.74) is 8.41. The van der Waals surface area contributed by atoms with Gasteiger partial charge in [0.05, 0.1) is 11.3 Å². The molecule has 1 unspecified atom stereocenters. The second-order valence-electron chi connectivity index (χ2n) is 3.59. The summed E-state index contributed by atoms with van der Waals surface area (Å²) in [6, 6.07) is 7.29. The van der Waals surface area contributed by atoms with Crippen LogP contribution in [0.15, 0.2) is 24.3 Å². The fraction of sp³-hybridized carbons (Fsp3) is 0. The normalized spacial score (nSPS) is 10.8. The van der Waals surface area contributed by atoms with Crippen molar-refractivity contribution in [2.75, 3.05) is 10.8 Å². The van der Waals surface area contributed by atoms with Crippen LogP contribution in [-0.2, 0) is 0 Å². The largest absolute Gasteiger partial charge is 0.399 e. The molecule has 1 atom stereocenters.